The van der Waals surface area contributed by atoms with Crippen molar-refractivity contribution in [2.75, 3.05) is 0 Å². The maximum atomic E-state index is 6.24. The SMILES string of the molecule is NNC(Cc1ccc(Cl)cc1Cl)Cc1ccc(Br)cc1Cl. The van der Waals surface area contributed by atoms with Gasteiger partial charge in [0, 0.05) is 25.6 Å². The summed E-state index contributed by atoms with van der Waals surface area (Å²) in [5, 5.41) is 1.98. The number of nitrogens with two attached hydrogens (primary N) is 1. The highest BCUT2D eigenvalue weighted by Gasteiger charge is 2.13. The Labute approximate surface area is 147 Å². The Morgan fingerprint density at radius 2 is 1.52 bits per heavy atom. The van der Waals surface area contributed by atoms with Crippen LogP contribution < -0.4 is 11.3 Å². The standard InChI is InChI=1S/C15H14BrCl3N2/c16-11-3-1-9(14(18)7-11)5-13(21-20)6-10-2-4-12(17)8-15(10)19/h1-4,7-8,13,21H,5-6,20H2. The van der Waals surface area contributed by atoms with Crippen LogP contribution in [0, 0.1) is 0 Å². The van der Waals surface area contributed by atoms with E-state index in [0.717, 1.165) is 15.6 Å². The molecule has 0 fully saturated rings. The molecule has 1 atom stereocenters. The molecular weight excluding hydrogens is 394 g/mol. The van der Waals surface area contributed by atoms with E-state index in [-0.39, 0.29) is 6.04 Å². The van der Waals surface area contributed by atoms with Crippen LogP contribution in [0.2, 0.25) is 15.1 Å². The van der Waals surface area contributed by atoms with Crippen LogP contribution in [-0.4, -0.2) is 6.04 Å². The lowest BCUT2D eigenvalue weighted by Crippen LogP contribution is -2.38. The van der Waals surface area contributed by atoms with Crippen molar-refractivity contribution < 1.29 is 0 Å². The molecule has 0 aliphatic rings. The van der Waals surface area contributed by atoms with Crippen LogP contribution in [0.15, 0.2) is 40.9 Å². The molecule has 6 heteroatoms. The van der Waals surface area contributed by atoms with Crippen molar-refractivity contribution in [2.45, 2.75) is 18.9 Å². The summed E-state index contributed by atoms with van der Waals surface area (Å²) in [6.07, 6.45) is 1.40. The Morgan fingerprint density at radius 1 is 0.952 bits per heavy atom. The Hall–Kier alpha value is -0.290. The fourth-order valence-electron chi connectivity index (χ4n) is 2.10. The maximum absolute atomic E-state index is 6.24. The van der Waals surface area contributed by atoms with Crippen molar-refractivity contribution in [1.82, 2.24) is 5.43 Å². The molecule has 3 N–H and O–H groups in total. The molecule has 0 saturated heterocycles. The molecule has 0 heterocycles. The van der Waals surface area contributed by atoms with Gasteiger partial charge in [-0.15, -0.1) is 0 Å². The van der Waals surface area contributed by atoms with Crippen LogP contribution in [0.5, 0.6) is 0 Å². The van der Waals surface area contributed by atoms with E-state index in [2.05, 4.69) is 21.4 Å². The van der Waals surface area contributed by atoms with Crippen molar-refractivity contribution in [3.8, 4) is 0 Å². The van der Waals surface area contributed by atoms with Crippen molar-refractivity contribution >= 4 is 50.7 Å². The largest absolute Gasteiger partial charge is 0.271 e. The van der Waals surface area contributed by atoms with Crippen LogP contribution in [0.4, 0.5) is 0 Å². The van der Waals surface area contributed by atoms with Gasteiger partial charge in [-0.3, -0.25) is 11.3 Å². The Bertz CT molecular complexity index is 581. The summed E-state index contributed by atoms with van der Waals surface area (Å²) < 4.78 is 0.953. The van der Waals surface area contributed by atoms with Crippen LogP contribution in [-0.2, 0) is 12.8 Å². The third-order valence-corrected chi connectivity index (χ3v) is 4.63. The first-order valence-electron chi connectivity index (χ1n) is 6.33. The first-order chi connectivity index (χ1) is 9.99. The minimum atomic E-state index is 0.0300. The van der Waals surface area contributed by atoms with Crippen molar-refractivity contribution in [2.24, 2.45) is 5.84 Å². The molecule has 0 bridgehead atoms. The van der Waals surface area contributed by atoms with Crippen molar-refractivity contribution in [3.63, 3.8) is 0 Å². The second kappa shape index (κ2) is 7.82. The average molecular weight is 409 g/mol. The van der Waals surface area contributed by atoms with Gasteiger partial charge in [-0.05, 0) is 48.2 Å². The predicted molar refractivity (Wildman–Crippen MR) is 94.1 cm³/mol. The van der Waals surface area contributed by atoms with Gasteiger partial charge in [0.05, 0.1) is 0 Å². The van der Waals surface area contributed by atoms with E-state index < -0.39 is 0 Å². The third-order valence-electron chi connectivity index (χ3n) is 3.20. The highest BCUT2D eigenvalue weighted by molar-refractivity contribution is 9.10. The molecule has 2 rings (SSSR count). The molecule has 0 aliphatic heterocycles. The molecule has 0 amide bonds. The molecule has 2 nitrogen and oxygen atoms in total. The fourth-order valence-corrected chi connectivity index (χ4v) is 3.33. The van der Waals surface area contributed by atoms with Gasteiger partial charge >= 0.3 is 0 Å². The summed E-state index contributed by atoms with van der Waals surface area (Å²) in [5.74, 6) is 5.66. The molecule has 0 radical (unpaired) electrons. The van der Waals surface area contributed by atoms with Crippen LogP contribution >= 0.6 is 50.7 Å². The molecule has 112 valence electrons. The van der Waals surface area contributed by atoms with Gasteiger partial charge in [0.1, 0.15) is 0 Å². The molecular formula is C15H14BrCl3N2. The second-order valence-electron chi connectivity index (χ2n) is 4.74. The monoisotopic (exact) mass is 406 g/mol. The smallest absolute Gasteiger partial charge is 0.0453 e. The molecule has 0 aromatic heterocycles. The van der Waals surface area contributed by atoms with Gasteiger partial charge in [-0.1, -0.05) is 62.9 Å². The summed E-state index contributed by atoms with van der Waals surface area (Å²) in [7, 11) is 0. The first kappa shape index (κ1) is 17.1. The van der Waals surface area contributed by atoms with Gasteiger partial charge in [-0.2, -0.15) is 0 Å². The van der Waals surface area contributed by atoms with E-state index in [0.29, 0.717) is 27.9 Å². The Morgan fingerprint density at radius 3 is 2.05 bits per heavy atom. The van der Waals surface area contributed by atoms with E-state index >= 15 is 0 Å². The lowest BCUT2D eigenvalue weighted by molar-refractivity contribution is 0.522. The molecule has 1 unspecified atom stereocenters. The zero-order valence-corrected chi connectivity index (χ0v) is 14.9. The highest BCUT2D eigenvalue weighted by atomic mass is 79.9. The molecule has 0 saturated carbocycles. The number of hydrogen-bond donors (Lipinski definition) is 2. The number of hydrazine groups is 1. The van der Waals surface area contributed by atoms with Gasteiger partial charge in [0.25, 0.3) is 0 Å². The quantitative estimate of drug-likeness (QED) is 0.538. The van der Waals surface area contributed by atoms with E-state index in [9.17, 15) is 0 Å². The topological polar surface area (TPSA) is 38.0 Å². The van der Waals surface area contributed by atoms with E-state index in [4.69, 9.17) is 40.6 Å². The minimum absolute atomic E-state index is 0.0300. The fraction of sp³-hybridized carbons (Fsp3) is 0.200. The number of nitrogens with one attached hydrogen (secondary N) is 1. The van der Waals surface area contributed by atoms with E-state index in [1.165, 1.54) is 0 Å². The molecule has 2 aromatic rings. The first-order valence-corrected chi connectivity index (χ1v) is 8.26. The van der Waals surface area contributed by atoms with E-state index in [1.807, 2.05) is 30.3 Å². The minimum Gasteiger partial charge on any atom is -0.271 e. The molecule has 0 spiro atoms. The highest BCUT2D eigenvalue weighted by Crippen LogP contribution is 2.25. The normalized spacial score (nSPS) is 12.4. The third kappa shape index (κ3) is 4.85. The molecule has 21 heavy (non-hydrogen) atoms. The molecule has 2 aromatic carbocycles. The molecule has 0 aliphatic carbocycles. The summed E-state index contributed by atoms with van der Waals surface area (Å²) in [6.45, 7) is 0. The van der Waals surface area contributed by atoms with Gasteiger partial charge in [0.2, 0.25) is 0 Å². The average Bonchev–Trinajstić information content (AvgIpc) is 2.43. The second-order valence-corrected chi connectivity index (χ2v) is 6.91. The van der Waals surface area contributed by atoms with Gasteiger partial charge in [0.15, 0.2) is 0 Å². The van der Waals surface area contributed by atoms with E-state index in [1.54, 1.807) is 6.07 Å². The predicted octanol–water partition coefficient (Wildman–Crippen LogP) is 5.03. The Balaban J connectivity index is 2.13. The van der Waals surface area contributed by atoms with Crippen molar-refractivity contribution in [3.05, 3.63) is 67.1 Å². The maximum Gasteiger partial charge on any atom is 0.0453 e. The number of hydrogen-bond acceptors (Lipinski definition) is 2. The Kier molecular flexibility index (Phi) is 6.35. The summed E-state index contributed by atoms with van der Waals surface area (Å²) in [5.41, 5.74) is 4.85. The summed E-state index contributed by atoms with van der Waals surface area (Å²) in [4.78, 5) is 0. The van der Waals surface area contributed by atoms with Gasteiger partial charge < -0.3 is 0 Å². The van der Waals surface area contributed by atoms with Crippen LogP contribution in [0.25, 0.3) is 0 Å². The van der Waals surface area contributed by atoms with Crippen LogP contribution in [0.1, 0.15) is 11.1 Å². The zero-order chi connectivity index (χ0) is 15.4. The number of halogens is 4. The number of rotatable bonds is 5. The van der Waals surface area contributed by atoms with Gasteiger partial charge in [-0.25, -0.2) is 0 Å². The number of benzene rings is 2. The summed E-state index contributed by atoms with van der Waals surface area (Å²) in [6, 6.07) is 11.3. The lowest BCUT2D eigenvalue weighted by Gasteiger charge is -2.18. The zero-order valence-electron chi connectivity index (χ0n) is 11.0. The summed E-state index contributed by atoms with van der Waals surface area (Å²) >= 11 is 21.7. The van der Waals surface area contributed by atoms with Crippen molar-refractivity contribution in [1.29, 1.82) is 0 Å². The lowest BCUT2D eigenvalue weighted by atomic mass is 9.99. The van der Waals surface area contributed by atoms with Crippen LogP contribution in [0.3, 0.4) is 0 Å².